The highest BCUT2D eigenvalue weighted by molar-refractivity contribution is 6.00. The molecule has 2 N–H and O–H groups in total. The molecule has 23 heavy (non-hydrogen) atoms. The maximum atomic E-state index is 12.6. The molecule has 0 saturated carbocycles. The smallest absolute Gasteiger partial charge is 0.179 e. The molecule has 5 heteroatoms. The summed E-state index contributed by atoms with van der Waals surface area (Å²) in [4.78, 5) is 16.6. The summed E-state index contributed by atoms with van der Waals surface area (Å²) in [6, 6.07) is 5.86. The van der Waals surface area contributed by atoms with E-state index in [1.54, 1.807) is 6.20 Å². The van der Waals surface area contributed by atoms with Crippen LogP contribution >= 0.6 is 0 Å². The van der Waals surface area contributed by atoms with Crippen molar-refractivity contribution in [2.24, 2.45) is 0 Å². The second-order valence-corrected chi connectivity index (χ2v) is 6.10. The fraction of sp³-hybridized carbons (Fsp3) is 0.444. The summed E-state index contributed by atoms with van der Waals surface area (Å²) in [7, 11) is 0. The number of nitrogens with zero attached hydrogens (tertiary/aromatic N) is 2. The minimum atomic E-state index is -0.160. The lowest BCUT2D eigenvalue weighted by Crippen LogP contribution is -2.35. The van der Waals surface area contributed by atoms with E-state index in [9.17, 15) is 4.79 Å². The van der Waals surface area contributed by atoms with Crippen LogP contribution < -0.4 is 10.6 Å². The number of rotatable bonds is 7. The zero-order valence-corrected chi connectivity index (χ0v) is 13.6. The molecule has 122 valence electrons. The Morgan fingerprint density at radius 1 is 1.48 bits per heavy atom. The Morgan fingerprint density at radius 2 is 2.39 bits per heavy atom. The summed E-state index contributed by atoms with van der Waals surface area (Å²) in [5, 5.41) is 6.70. The van der Waals surface area contributed by atoms with Gasteiger partial charge in [0.25, 0.3) is 0 Å². The molecule has 0 aliphatic carbocycles. The first-order valence-corrected chi connectivity index (χ1v) is 8.34. The van der Waals surface area contributed by atoms with Crippen molar-refractivity contribution in [3.63, 3.8) is 0 Å². The lowest BCUT2D eigenvalue weighted by Gasteiger charge is -2.19. The summed E-state index contributed by atoms with van der Waals surface area (Å²) in [5.41, 5.74) is 3.24. The second-order valence-electron chi connectivity index (χ2n) is 6.10. The Hall–Kier alpha value is -2.14. The van der Waals surface area contributed by atoms with Crippen molar-refractivity contribution >= 4 is 11.5 Å². The van der Waals surface area contributed by atoms with Crippen molar-refractivity contribution in [2.75, 3.05) is 18.4 Å². The molecule has 0 spiro atoms. The van der Waals surface area contributed by atoms with E-state index in [0.29, 0.717) is 0 Å². The number of fused-ring (bicyclic) bond motifs is 1. The normalized spacial score (nSPS) is 14.8. The van der Waals surface area contributed by atoms with E-state index in [1.807, 2.05) is 42.2 Å². The van der Waals surface area contributed by atoms with E-state index < -0.39 is 0 Å². The number of imidazole rings is 1. The van der Waals surface area contributed by atoms with Crippen molar-refractivity contribution in [3.8, 4) is 0 Å². The molecule has 0 fully saturated rings. The highest BCUT2D eigenvalue weighted by Crippen LogP contribution is 2.23. The maximum absolute atomic E-state index is 12.6. The van der Waals surface area contributed by atoms with Gasteiger partial charge in [0, 0.05) is 36.7 Å². The van der Waals surface area contributed by atoms with Gasteiger partial charge < -0.3 is 15.2 Å². The summed E-state index contributed by atoms with van der Waals surface area (Å²) in [6.07, 6.45) is 8.71. The predicted octanol–water partition coefficient (Wildman–Crippen LogP) is 2.49. The van der Waals surface area contributed by atoms with Gasteiger partial charge in [-0.3, -0.25) is 4.79 Å². The molecule has 1 aliphatic rings. The fourth-order valence-corrected chi connectivity index (χ4v) is 2.97. The Balaban J connectivity index is 1.50. The third-order valence-corrected chi connectivity index (χ3v) is 4.32. The van der Waals surface area contributed by atoms with Crippen LogP contribution in [0.5, 0.6) is 0 Å². The summed E-state index contributed by atoms with van der Waals surface area (Å²) < 4.78 is 2.05. The molecular weight excluding hydrogens is 288 g/mol. The van der Waals surface area contributed by atoms with Crippen molar-refractivity contribution in [1.82, 2.24) is 14.9 Å². The van der Waals surface area contributed by atoms with Crippen LogP contribution in [0.15, 0.2) is 36.9 Å². The Morgan fingerprint density at radius 3 is 3.22 bits per heavy atom. The molecule has 1 atom stereocenters. The van der Waals surface area contributed by atoms with Crippen molar-refractivity contribution < 1.29 is 4.79 Å². The first-order chi connectivity index (χ1) is 11.2. The molecule has 1 aromatic carbocycles. The van der Waals surface area contributed by atoms with E-state index in [2.05, 4.69) is 15.6 Å². The van der Waals surface area contributed by atoms with Gasteiger partial charge in [-0.15, -0.1) is 0 Å². The molecular formula is C18H24N4O. The van der Waals surface area contributed by atoms with Crippen LogP contribution in [0.3, 0.4) is 0 Å². The molecule has 1 unspecified atom stereocenters. The molecule has 0 bridgehead atoms. The number of nitrogens with one attached hydrogen (secondary N) is 2. The second kappa shape index (κ2) is 7.42. The summed E-state index contributed by atoms with van der Waals surface area (Å²) >= 11 is 0. The van der Waals surface area contributed by atoms with Gasteiger partial charge in [0.05, 0.1) is 12.4 Å². The number of Topliss-reactive ketones (excluding diaryl/α,β-unsaturated/α-hetero) is 1. The maximum Gasteiger partial charge on any atom is 0.179 e. The van der Waals surface area contributed by atoms with E-state index >= 15 is 0 Å². The van der Waals surface area contributed by atoms with Gasteiger partial charge in [-0.2, -0.15) is 0 Å². The van der Waals surface area contributed by atoms with Crippen LogP contribution in [0.1, 0.15) is 35.7 Å². The zero-order valence-electron chi connectivity index (χ0n) is 13.6. The number of hydrogen-bond acceptors (Lipinski definition) is 4. The van der Waals surface area contributed by atoms with Crippen LogP contribution in [0, 0.1) is 0 Å². The minimum absolute atomic E-state index is 0.160. The Kier molecular flexibility index (Phi) is 5.08. The number of ketones is 1. The van der Waals surface area contributed by atoms with E-state index in [4.69, 9.17) is 0 Å². The van der Waals surface area contributed by atoms with Crippen LogP contribution in [-0.2, 0) is 13.0 Å². The van der Waals surface area contributed by atoms with Crippen molar-refractivity contribution in [2.45, 2.75) is 38.8 Å². The molecule has 2 heterocycles. The standard InChI is InChI=1S/C18H24N4O/c1-14(20-8-3-10-22-11-9-19-13-22)18(23)16-5-6-17-15(12-16)4-2-7-21-17/h5-6,9,11-14,20-21H,2-4,7-8,10H2,1H3. The Bertz CT molecular complexity index is 651. The van der Waals surface area contributed by atoms with Gasteiger partial charge in [0.1, 0.15) is 0 Å². The van der Waals surface area contributed by atoms with Gasteiger partial charge in [-0.1, -0.05) is 0 Å². The minimum Gasteiger partial charge on any atom is -0.385 e. The first-order valence-electron chi connectivity index (χ1n) is 8.34. The number of anilines is 1. The number of aryl methyl sites for hydroxylation is 2. The largest absolute Gasteiger partial charge is 0.385 e. The third-order valence-electron chi connectivity index (χ3n) is 4.32. The number of hydrogen-bond donors (Lipinski definition) is 2. The quantitative estimate of drug-likeness (QED) is 0.609. The predicted molar refractivity (Wildman–Crippen MR) is 91.9 cm³/mol. The van der Waals surface area contributed by atoms with Crippen molar-refractivity contribution in [1.29, 1.82) is 0 Å². The van der Waals surface area contributed by atoms with Gasteiger partial charge in [0.15, 0.2) is 5.78 Å². The number of carbonyl (C=O) groups is 1. The topological polar surface area (TPSA) is 59.0 Å². The highest BCUT2D eigenvalue weighted by Gasteiger charge is 2.17. The van der Waals surface area contributed by atoms with E-state index in [-0.39, 0.29) is 11.8 Å². The molecule has 1 aliphatic heterocycles. The SMILES string of the molecule is CC(NCCCn1ccnc1)C(=O)c1ccc2c(c1)CCCN2. The van der Waals surface area contributed by atoms with E-state index in [0.717, 1.165) is 44.5 Å². The summed E-state index contributed by atoms with van der Waals surface area (Å²) in [6.45, 7) is 4.70. The third kappa shape index (κ3) is 3.99. The van der Waals surface area contributed by atoms with Gasteiger partial charge in [-0.05, 0) is 56.5 Å². The van der Waals surface area contributed by atoms with Crippen LogP contribution in [0.4, 0.5) is 5.69 Å². The van der Waals surface area contributed by atoms with Gasteiger partial charge in [0.2, 0.25) is 0 Å². The molecule has 5 nitrogen and oxygen atoms in total. The fourth-order valence-electron chi connectivity index (χ4n) is 2.97. The van der Waals surface area contributed by atoms with Crippen LogP contribution in [0.2, 0.25) is 0 Å². The average molecular weight is 312 g/mol. The molecule has 0 saturated heterocycles. The van der Waals surface area contributed by atoms with Crippen LogP contribution in [-0.4, -0.2) is 34.5 Å². The van der Waals surface area contributed by atoms with Gasteiger partial charge in [-0.25, -0.2) is 4.98 Å². The van der Waals surface area contributed by atoms with Crippen molar-refractivity contribution in [3.05, 3.63) is 48.0 Å². The average Bonchev–Trinajstić information content (AvgIpc) is 3.11. The van der Waals surface area contributed by atoms with Gasteiger partial charge >= 0.3 is 0 Å². The number of benzene rings is 1. The number of carbonyl (C=O) groups excluding carboxylic acids is 1. The highest BCUT2D eigenvalue weighted by atomic mass is 16.1. The lowest BCUT2D eigenvalue weighted by atomic mass is 9.97. The van der Waals surface area contributed by atoms with Crippen LogP contribution in [0.25, 0.3) is 0 Å². The monoisotopic (exact) mass is 312 g/mol. The summed E-state index contributed by atoms with van der Waals surface area (Å²) in [5.74, 6) is 0.168. The molecule has 3 rings (SSSR count). The molecule has 1 aromatic heterocycles. The lowest BCUT2D eigenvalue weighted by molar-refractivity contribution is 0.0951. The zero-order chi connectivity index (χ0) is 16.1. The molecule has 2 aromatic rings. The molecule has 0 amide bonds. The molecule has 0 radical (unpaired) electrons. The van der Waals surface area contributed by atoms with E-state index in [1.165, 1.54) is 11.3 Å². The Labute approximate surface area is 137 Å². The first kappa shape index (κ1) is 15.7. The number of aromatic nitrogens is 2.